The van der Waals surface area contributed by atoms with Gasteiger partial charge in [0.05, 0.1) is 6.04 Å². The van der Waals surface area contributed by atoms with Crippen molar-refractivity contribution in [1.82, 2.24) is 10.2 Å². The van der Waals surface area contributed by atoms with E-state index < -0.39 is 0 Å². The summed E-state index contributed by atoms with van der Waals surface area (Å²) in [5, 5.41) is 3.46. The van der Waals surface area contributed by atoms with E-state index in [2.05, 4.69) is 24.1 Å². The Hall–Kier alpha value is -0.160. The van der Waals surface area contributed by atoms with E-state index in [9.17, 15) is 0 Å². The molecule has 108 valence electrons. The van der Waals surface area contributed by atoms with Crippen LogP contribution in [0.15, 0.2) is 0 Å². The Morgan fingerprint density at radius 3 is 2.39 bits per heavy atom. The summed E-state index contributed by atoms with van der Waals surface area (Å²) >= 11 is 0. The molecule has 0 aliphatic carbocycles. The van der Waals surface area contributed by atoms with Crippen LogP contribution in [0.2, 0.25) is 0 Å². The summed E-state index contributed by atoms with van der Waals surface area (Å²) in [5.74, 6) is 0.920. The first-order valence-electron chi connectivity index (χ1n) is 7.18. The van der Waals surface area contributed by atoms with Crippen LogP contribution in [0.25, 0.3) is 0 Å². The molecule has 1 heterocycles. The summed E-state index contributed by atoms with van der Waals surface area (Å²) in [4.78, 5) is 2.58. The topological polar surface area (TPSA) is 33.7 Å². The van der Waals surface area contributed by atoms with Gasteiger partial charge in [-0.1, -0.05) is 6.92 Å². The number of nitrogens with zero attached hydrogens (tertiary/aromatic N) is 1. The maximum Gasteiger partial charge on any atom is 0.171 e. The molecular weight excluding hydrogens is 228 g/mol. The van der Waals surface area contributed by atoms with Crippen LogP contribution in [0.4, 0.5) is 0 Å². The molecule has 1 fully saturated rings. The van der Waals surface area contributed by atoms with Crippen LogP contribution < -0.4 is 5.32 Å². The molecule has 1 unspecified atom stereocenters. The fourth-order valence-corrected chi connectivity index (χ4v) is 2.52. The number of likely N-dealkylation sites (tertiary alicyclic amines) is 1. The van der Waals surface area contributed by atoms with Gasteiger partial charge in [-0.05, 0) is 58.3 Å². The quantitative estimate of drug-likeness (QED) is 0.531. The predicted octanol–water partition coefficient (Wildman–Crippen LogP) is 1.71. The highest BCUT2D eigenvalue weighted by atomic mass is 16.7. The number of hydrogen-bond acceptors (Lipinski definition) is 4. The average molecular weight is 258 g/mol. The van der Waals surface area contributed by atoms with E-state index in [1.165, 1.54) is 38.9 Å². The molecule has 0 bridgehead atoms. The Balaban J connectivity index is 2.04. The second-order valence-electron chi connectivity index (χ2n) is 5.46. The molecule has 0 aromatic heterocycles. The SMILES string of the molecule is COC(OC)C(C)NCCCN1CCC(C)CC1. The van der Waals surface area contributed by atoms with E-state index in [0.717, 1.165) is 12.5 Å². The average Bonchev–Trinajstić information content (AvgIpc) is 2.38. The largest absolute Gasteiger partial charge is 0.354 e. The zero-order chi connectivity index (χ0) is 13.4. The van der Waals surface area contributed by atoms with Crippen molar-refractivity contribution in [2.75, 3.05) is 40.4 Å². The van der Waals surface area contributed by atoms with Gasteiger partial charge >= 0.3 is 0 Å². The zero-order valence-corrected chi connectivity index (χ0v) is 12.4. The highest BCUT2D eigenvalue weighted by Gasteiger charge is 2.16. The van der Waals surface area contributed by atoms with Crippen LogP contribution in [-0.2, 0) is 9.47 Å². The van der Waals surface area contributed by atoms with Gasteiger partial charge in [-0.2, -0.15) is 0 Å². The first-order valence-corrected chi connectivity index (χ1v) is 7.18. The molecule has 4 heteroatoms. The number of piperidine rings is 1. The summed E-state index contributed by atoms with van der Waals surface area (Å²) in [6.07, 6.45) is 3.76. The fourth-order valence-electron chi connectivity index (χ4n) is 2.52. The highest BCUT2D eigenvalue weighted by molar-refractivity contribution is 4.70. The third kappa shape index (κ3) is 5.65. The Kier molecular flexibility index (Phi) is 7.82. The lowest BCUT2D eigenvalue weighted by Crippen LogP contribution is -2.41. The third-order valence-corrected chi connectivity index (χ3v) is 3.87. The Labute approximate surface area is 112 Å². The monoisotopic (exact) mass is 258 g/mol. The molecule has 0 saturated carbocycles. The van der Waals surface area contributed by atoms with E-state index >= 15 is 0 Å². The Bertz CT molecular complexity index is 202. The van der Waals surface area contributed by atoms with Gasteiger partial charge in [0.25, 0.3) is 0 Å². The summed E-state index contributed by atoms with van der Waals surface area (Å²) in [6, 6.07) is 0.237. The van der Waals surface area contributed by atoms with Crippen LogP contribution in [0.5, 0.6) is 0 Å². The first kappa shape index (κ1) is 15.9. The molecule has 1 saturated heterocycles. The van der Waals surface area contributed by atoms with E-state index in [1.54, 1.807) is 14.2 Å². The molecule has 0 spiro atoms. The van der Waals surface area contributed by atoms with Crippen LogP contribution in [0.3, 0.4) is 0 Å². The Morgan fingerprint density at radius 2 is 1.83 bits per heavy atom. The van der Waals surface area contributed by atoms with Gasteiger partial charge in [0.1, 0.15) is 0 Å². The normalized spacial score (nSPS) is 20.5. The molecule has 0 aromatic carbocycles. The Morgan fingerprint density at radius 1 is 1.22 bits per heavy atom. The van der Waals surface area contributed by atoms with Crippen molar-refractivity contribution in [3.8, 4) is 0 Å². The lowest BCUT2D eigenvalue weighted by molar-refractivity contribution is -0.119. The standard InChI is InChI=1S/C14H30N2O2/c1-12-6-10-16(11-7-12)9-5-8-15-13(2)14(17-3)18-4/h12-15H,5-11H2,1-4H3. The van der Waals surface area contributed by atoms with Gasteiger partial charge in [-0.3, -0.25) is 0 Å². The number of rotatable bonds is 8. The number of methoxy groups -OCH3 is 2. The van der Waals surface area contributed by atoms with Gasteiger partial charge in [0.15, 0.2) is 6.29 Å². The minimum absolute atomic E-state index is 0.152. The summed E-state index contributed by atoms with van der Waals surface area (Å²) < 4.78 is 10.4. The summed E-state index contributed by atoms with van der Waals surface area (Å²) in [7, 11) is 3.36. The number of hydrogen-bond donors (Lipinski definition) is 1. The van der Waals surface area contributed by atoms with E-state index in [0.29, 0.717) is 0 Å². The second-order valence-corrected chi connectivity index (χ2v) is 5.46. The van der Waals surface area contributed by atoms with Gasteiger partial charge in [-0.25, -0.2) is 0 Å². The molecule has 1 N–H and O–H groups in total. The van der Waals surface area contributed by atoms with Crippen molar-refractivity contribution < 1.29 is 9.47 Å². The van der Waals surface area contributed by atoms with E-state index in [4.69, 9.17) is 9.47 Å². The molecular formula is C14H30N2O2. The lowest BCUT2D eigenvalue weighted by atomic mass is 9.99. The van der Waals surface area contributed by atoms with Crippen LogP contribution >= 0.6 is 0 Å². The maximum absolute atomic E-state index is 5.22. The van der Waals surface area contributed by atoms with Crippen molar-refractivity contribution in [3.63, 3.8) is 0 Å². The van der Waals surface area contributed by atoms with Gasteiger partial charge in [0, 0.05) is 14.2 Å². The number of ether oxygens (including phenoxy) is 2. The predicted molar refractivity (Wildman–Crippen MR) is 74.7 cm³/mol. The third-order valence-electron chi connectivity index (χ3n) is 3.87. The highest BCUT2D eigenvalue weighted by Crippen LogP contribution is 2.15. The van der Waals surface area contributed by atoms with Gasteiger partial charge in [0.2, 0.25) is 0 Å². The van der Waals surface area contributed by atoms with Crippen molar-refractivity contribution in [2.45, 2.75) is 45.4 Å². The molecule has 18 heavy (non-hydrogen) atoms. The molecule has 4 nitrogen and oxygen atoms in total. The summed E-state index contributed by atoms with van der Waals surface area (Å²) in [5.41, 5.74) is 0. The second kappa shape index (κ2) is 8.86. The van der Waals surface area contributed by atoms with Crippen LogP contribution in [0.1, 0.15) is 33.1 Å². The minimum atomic E-state index is -0.152. The van der Waals surface area contributed by atoms with E-state index in [-0.39, 0.29) is 12.3 Å². The van der Waals surface area contributed by atoms with Gasteiger partial charge in [-0.15, -0.1) is 0 Å². The van der Waals surface area contributed by atoms with E-state index in [1.807, 2.05) is 0 Å². The molecule has 1 aliphatic rings. The molecule has 0 aromatic rings. The maximum atomic E-state index is 5.22. The lowest BCUT2D eigenvalue weighted by Gasteiger charge is -2.30. The smallest absolute Gasteiger partial charge is 0.171 e. The van der Waals surface area contributed by atoms with Crippen molar-refractivity contribution in [3.05, 3.63) is 0 Å². The van der Waals surface area contributed by atoms with Gasteiger partial charge < -0.3 is 19.7 Å². The minimum Gasteiger partial charge on any atom is -0.354 e. The van der Waals surface area contributed by atoms with Crippen molar-refractivity contribution in [2.24, 2.45) is 5.92 Å². The number of nitrogens with one attached hydrogen (secondary N) is 1. The zero-order valence-electron chi connectivity index (χ0n) is 12.4. The first-order chi connectivity index (χ1) is 8.67. The molecule has 0 amide bonds. The molecule has 1 aliphatic heterocycles. The van der Waals surface area contributed by atoms with Crippen molar-refractivity contribution >= 4 is 0 Å². The molecule has 1 rings (SSSR count). The van der Waals surface area contributed by atoms with Crippen molar-refractivity contribution in [1.29, 1.82) is 0 Å². The van der Waals surface area contributed by atoms with Crippen LogP contribution in [-0.4, -0.2) is 57.6 Å². The molecule has 0 radical (unpaired) electrons. The fraction of sp³-hybridized carbons (Fsp3) is 1.00. The molecule has 1 atom stereocenters. The summed E-state index contributed by atoms with van der Waals surface area (Å²) in [6.45, 7) is 9.23. The van der Waals surface area contributed by atoms with Crippen LogP contribution in [0, 0.1) is 5.92 Å².